The summed E-state index contributed by atoms with van der Waals surface area (Å²) in [6, 6.07) is 52.6. The minimum Gasteiger partial charge on any atom is -0.457 e. The molecule has 10 aliphatic carbocycles. The number of benzene rings is 6. The molecule has 6 aromatic carbocycles. The molecular formula is C66H55N3O. The third-order valence-electron chi connectivity index (χ3n) is 22.6. The number of aromatic nitrogens is 3. The van der Waals surface area contributed by atoms with Crippen LogP contribution >= 0.6 is 0 Å². The summed E-state index contributed by atoms with van der Waals surface area (Å²) in [5, 5.41) is 0. The molecule has 11 aliphatic rings. The molecule has 1 aliphatic heterocycles. The lowest BCUT2D eigenvalue weighted by atomic mass is 9.38. The highest BCUT2D eigenvalue weighted by molar-refractivity contribution is 5.76. The van der Waals surface area contributed by atoms with E-state index < -0.39 is 0 Å². The summed E-state index contributed by atoms with van der Waals surface area (Å²) in [5.41, 5.74) is 15.6. The number of rotatable bonds is 6. The second-order valence-electron chi connectivity index (χ2n) is 24.6. The first-order chi connectivity index (χ1) is 34.4. The van der Waals surface area contributed by atoms with Crippen molar-refractivity contribution >= 4 is 0 Å². The van der Waals surface area contributed by atoms with E-state index in [1.807, 2.05) is 0 Å². The molecule has 8 fully saturated rings. The summed E-state index contributed by atoms with van der Waals surface area (Å²) in [6.45, 7) is 0. The predicted octanol–water partition coefficient (Wildman–Crippen LogP) is 15.0. The second kappa shape index (κ2) is 12.7. The zero-order chi connectivity index (χ0) is 45.3. The van der Waals surface area contributed by atoms with Crippen LogP contribution in [0.15, 0.2) is 164 Å². The van der Waals surface area contributed by atoms with Crippen molar-refractivity contribution in [1.29, 1.82) is 0 Å². The molecular weight excluding hydrogens is 851 g/mol. The van der Waals surface area contributed by atoms with E-state index >= 15 is 0 Å². The zero-order valence-corrected chi connectivity index (χ0v) is 39.5. The van der Waals surface area contributed by atoms with Crippen molar-refractivity contribution in [3.8, 4) is 56.8 Å². The van der Waals surface area contributed by atoms with Crippen molar-refractivity contribution in [2.24, 2.45) is 52.3 Å². The first-order valence-corrected chi connectivity index (χ1v) is 26.9. The lowest BCUT2D eigenvalue weighted by molar-refractivity contribution is -0.175. The van der Waals surface area contributed by atoms with Crippen LogP contribution in [-0.2, 0) is 16.2 Å². The molecule has 4 bridgehead atoms. The topological polar surface area (TPSA) is 47.9 Å². The second-order valence-corrected chi connectivity index (χ2v) is 24.6. The van der Waals surface area contributed by atoms with Crippen LogP contribution in [-0.4, -0.2) is 15.0 Å². The lowest BCUT2D eigenvalue weighted by Crippen LogP contribution is -2.59. The van der Waals surface area contributed by atoms with Crippen molar-refractivity contribution in [3.05, 3.63) is 197 Å². The van der Waals surface area contributed by atoms with Gasteiger partial charge in [0, 0.05) is 39.7 Å². The van der Waals surface area contributed by atoms with Gasteiger partial charge in [0.05, 0.1) is 5.41 Å². The molecule has 340 valence electrons. The Kier molecular flexibility index (Phi) is 6.98. The molecule has 1 aromatic heterocycles. The Morgan fingerprint density at radius 1 is 0.414 bits per heavy atom. The van der Waals surface area contributed by atoms with Crippen LogP contribution in [0.3, 0.4) is 0 Å². The maximum atomic E-state index is 6.64. The van der Waals surface area contributed by atoms with E-state index in [0.29, 0.717) is 21.7 Å². The van der Waals surface area contributed by atoms with E-state index in [9.17, 15) is 0 Å². The van der Waals surface area contributed by atoms with Crippen LogP contribution in [0.5, 0.6) is 11.5 Å². The van der Waals surface area contributed by atoms with Crippen molar-refractivity contribution in [2.45, 2.75) is 86.4 Å². The maximum Gasteiger partial charge on any atom is 0.164 e. The summed E-state index contributed by atoms with van der Waals surface area (Å²) in [7, 11) is 0. The van der Waals surface area contributed by atoms with Gasteiger partial charge in [-0.25, -0.2) is 15.0 Å². The fraction of sp³-hybridized carbons (Fsp3) is 0.348. The van der Waals surface area contributed by atoms with Gasteiger partial charge in [0.15, 0.2) is 17.5 Å². The fourth-order valence-electron chi connectivity index (χ4n) is 19.9. The molecule has 8 saturated carbocycles. The number of nitrogens with zero attached hydrogens (tertiary/aromatic N) is 3. The zero-order valence-electron chi connectivity index (χ0n) is 39.5. The Bertz CT molecular complexity index is 3320. The van der Waals surface area contributed by atoms with E-state index in [1.165, 1.54) is 97.6 Å². The lowest BCUT2D eigenvalue weighted by Gasteiger charge is -2.66. The highest BCUT2D eigenvalue weighted by atomic mass is 16.5. The van der Waals surface area contributed by atoms with Gasteiger partial charge in [0.2, 0.25) is 0 Å². The Labute approximate surface area is 410 Å². The van der Waals surface area contributed by atoms with Gasteiger partial charge >= 0.3 is 0 Å². The predicted molar refractivity (Wildman–Crippen MR) is 274 cm³/mol. The maximum absolute atomic E-state index is 6.64. The molecule has 18 rings (SSSR count). The highest BCUT2D eigenvalue weighted by Crippen LogP contribution is 2.85. The Hall–Kier alpha value is -6.39. The van der Waals surface area contributed by atoms with Gasteiger partial charge in [0.1, 0.15) is 11.5 Å². The molecule has 7 aromatic rings. The number of allylic oxidation sites excluding steroid dienone is 4. The number of ether oxygens (including phenoxy) is 1. The molecule has 3 spiro atoms. The van der Waals surface area contributed by atoms with E-state index in [2.05, 4.69) is 164 Å². The number of hydrogen-bond donors (Lipinski definition) is 0. The van der Waals surface area contributed by atoms with Gasteiger partial charge in [-0.15, -0.1) is 0 Å². The molecule has 4 nitrogen and oxygen atoms in total. The molecule has 0 amide bonds. The largest absolute Gasteiger partial charge is 0.457 e. The van der Waals surface area contributed by atoms with E-state index in [0.717, 1.165) is 81.2 Å². The molecule has 0 N–H and O–H groups in total. The van der Waals surface area contributed by atoms with E-state index in [4.69, 9.17) is 19.7 Å². The fourth-order valence-corrected chi connectivity index (χ4v) is 19.9. The van der Waals surface area contributed by atoms with Gasteiger partial charge < -0.3 is 4.74 Å². The number of fused-ring (bicyclic) bond motifs is 11. The molecule has 4 heteroatoms. The quantitative estimate of drug-likeness (QED) is 0.167. The number of para-hydroxylation sites is 2. The molecule has 0 saturated heterocycles. The Morgan fingerprint density at radius 3 is 1.34 bits per heavy atom. The molecule has 12 atom stereocenters. The first-order valence-electron chi connectivity index (χ1n) is 26.9. The minimum atomic E-state index is -0.386. The van der Waals surface area contributed by atoms with Crippen LogP contribution in [0.2, 0.25) is 0 Å². The van der Waals surface area contributed by atoms with Crippen LogP contribution in [0.1, 0.15) is 104 Å². The van der Waals surface area contributed by atoms with Gasteiger partial charge in [-0.2, -0.15) is 0 Å². The summed E-state index contributed by atoms with van der Waals surface area (Å²) in [5.74, 6) is 10.6. The van der Waals surface area contributed by atoms with Crippen LogP contribution in [0.25, 0.3) is 45.3 Å². The first kappa shape index (κ1) is 38.4. The van der Waals surface area contributed by atoms with Crippen LogP contribution in [0, 0.1) is 52.3 Å². The Morgan fingerprint density at radius 2 is 0.857 bits per heavy atom. The molecule has 0 radical (unpaired) electrons. The molecule has 2 heterocycles. The van der Waals surface area contributed by atoms with Crippen LogP contribution in [0.4, 0.5) is 0 Å². The van der Waals surface area contributed by atoms with Crippen molar-refractivity contribution in [2.75, 3.05) is 0 Å². The third-order valence-corrected chi connectivity index (χ3v) is 22.6. The molecule has 9 unspecified atom stereocenters. The van der Waals surface area contributed by atoms with Crippen molar-refractivity contribution in [3.63, 3.8) is 0 Å². The van der Waals surface area contributed by atoms with E-state index in [1.54, 1.807) is 11.1 Å². The summed E-state index contributed by atoms with van der Waals surface area (Å²) in [4.78, 5) is 15.9. The van der Waals surface area contributed by atoms with Crippen molar-refractivity contribution in [1.82, 2.24) is 15.0 Å². The minimum absolute atomic E-state index is 0.228. The van der Waals surface area contributed by atoms with Crippen LogP contribution < -0.4 is 4.74 Å². The average Bonchev–Trinajstić information content (AvgIpc) is 4.17. The van der Waals surface area contributed by atoms with Gasteiger partial charge in [-0.05, 0) is 173 Å². The Balaban J connectivity index is 0.723. The highest BCUT2D eigenvalue weighted by Gasteiger charge is 2.78. The van der Waals surface area contributed by atoms with E-state index in [-0.39, 0.29) is 17.3 Å². The smallest absolute Gasteiger partial charge is 0.164 e. The van der Waals surface area contributed by atoms with Gasteiger partial charge in [-0.1, -0.05) is 146 Å². The van der Waals surface area contributed by atoms with Gasteiger partial charge in [0.25, 0.3) is 0 Å². The normalized spacial score (nSPS) is 36.3. The molecule has 70 heavy (non-hydrogen) atoms. The standard InChI is InChI=1S/C66H55N3O/c1-2-8-53-51(7-1)52-26-21-42(27-56(52)66(53)54-9-3-5-11-57(54)70-58-12-6-4-10-55(58)66)38-13-15-39(16-14-38)59-67-60(40-17-22-43(23-18-40)62-32-47-28-45-29-48(33-62)64(45,47)36-62)69-61(68-59)41-19-24-44(25-20-41)63-34-49-30-46-31-50(35-63)65(46,49)37-63/h1-27,45-51,53H,28-37H2/t45?,46?,47-,48+,49-,50?,51?,53?,62?,63?,64?,65?/m0/s1. The monoisotopic (exact) mass is 905 g/mol. The SMILES string of the molecule is C1=CC2c3ccc(-c4ccc(-c5nc(-c6ccc(C78CC9CC%10C[C@@H](C7)C%109C8)cc6)nc(-c6ccc(C78C[C@H]9CC%10C[C@@H](C7)C%109C8)cc6)n5)cc4)cc3C3(c4ccccc4Oc4ccccc43)C2C=C1. The van der Waals surface area contributed by atoms with Crippen molar-refractivity contribution < 1.29 is 4.74 Å². The summed E-state index contributed by atoms with van der Waals surface area (Å²) in [6.07, 6.45) is 23.7. The summed E-state index contributed by atoms with van der Waals surface area (Å²) < 4.78 is 6.64. The number of hydrogen-bond acceptors (Lipinski definition) is 4. The average molecular weight is 906 g/mol. The van der Waals surface area contributed by atoms with Gasteiger partial charge in [-0.3, -0.25) is 0 Å². The third kappa shape index (κ3) is 4.45. The summed E-state index contributed by atoms with van der Waals surface area (Å²) >= 11 is 0.